The molecule has 8 heteroatoms. The molecule has 1 aliphatic heterocycles. The van der Waals surface area contributed by atoms with Gasteiger partial charge in [0.15, 0.2) is 5.75 Å². The number of anilines is 1. The van der Waals surface area contributed by atoms with E-state index in [1.54, 1.807) is 12.0 Å². The highest BCUT2D eigenvalue weighted by atomic mass is 16.6. The number of methoxy groups -OCH3 is 1. The lowest BCUT2D eigenvalue weighted by Gasteiger charge is -2.24. The van der Waals surface area contributed by atoms with E-state index in [9.17, 15) is 20.0 Å². The summed E-state index contributed by atoms with van der Waals surface area (Å²) in [7, 11) is 1.62. The molecule has 1 fully saturated rings. The number of aromatic hydroxyl groups is 1. The largest absolute Gasteiger partial charge is 0.502 e. The fourth-order valence-corrected chi connectivity index (χ4v) is 3.16. The second-order valence-electron chi connectivity index (χ2n) is 6.29. The predicted octanol–water partition coefficient (Wildman–Crippen LogP) is 2.66. The standard InChI is InChI=1S/C19H21N3O5/c1-27-16-6-4-15(5-7-16)20-9-2-10-21(12-11-20)19(24)14-3-8-18(23)17(13-14)22(25)26/h3-8,13,23H,2,9-12H2,1H3. The third kappa shape index (κ3) is 4.11. The van der Waals surface area contributed by atoms with Gasteiger partial charge in [0.05, 0.1) is 12.0 Å². The molecule has 0 unspecified atom stereocenters. The van der Waals surface area contributed by atoms with Gasteiger partial charge in [0.1, 0.15) is 5.75 Å². The third-order valence-corrected chi connectivity index (χ3v) is 4.64. The van der Waals surface area contributed by atoms with Crippen LogP contribution in [0.4, 0.5) is 11.4 Å². The van der Waals surface area contributed by atoms with E-state index in [1.165, 1.54) is 12.1 Å². The summed E-state index contributed by atoms with van der Waals surface area (Å²) in [6, 6.07) is 11.5. The van der Waals surface area contributed by atoms with Gasteiger partial charge in [-0.15, -0.1) is 0 Å². The van der Waals surface area contributed by atoms with Crippen LogP contribution in [0.1, 0.15) is 16.8 Å². The molecule has 0 aromatic heterocycles. The summed E-state index contributed by atoms with van der Waals surface area (Å²) in [6.45, 7) is 2.56. The average Bonchev–Trinajstić information content (AvgIpc) is 2.94. The zero-order valence-corrected chi connectivity index (χ0v) is 15.0. The molecule has 1 saturated heterocycles. The van der Waals surface area contributed by atoms with Crippen molar-refractivity contribution in [3.8, 4) is 11.5 Å². The molecule has 1 heterocycles. The van der Waals surface area contributed by atoms with Gasteiger partial charge >= 0.3 is 5.69 Å². The zero-order chi connectivity index (χ0) is 19.4. The molecule has 142 valence electrons. The molecule has 0 atom stereocenters. The SMILES string of the molecule is COc1ccc(N2CCCN(C(=O)c3ccc(O)c([N+](=O)[O-])c3)CC2)cc1. The first-order valence-corrected chi connectivity index (χ1v) is 8.65. The van der Waals surface area contributed by atoms with E-state index in [4.69, 9.17) is 4.74 Å². The van der Waals surface area contributed by atoms with Crippen molar-refractivity contribution in [2.24, 2.45) is 0 Å². The number of benzene rings is 2. The Morgan fingerprint density at radius 1 is 1.11 bits per heavy atom. The van der Waals surface area contributed by atoms with Crippen LogP contribution in [0.15, 0.2) is 42.5 Å². The predicted molar refractivity (Wildman–Crippen MR) is 100 cm³/mol. The molecule has 2 aromatic rings. The number of carbonyl (C=O) groups excluding carboxylic acids is 1. The molecule has 1 N–H and O–H groups in total. The normalized spacial score (nSPS) is 14.6. The monoisotopic (exact) mass is 371 g/mol. The quantitative estimate of drug-likeness (QED) is 0.656. The van der Waals surface area contributed by atoms with Gasteiger partial charge in [-0.1, -0.05) is 0 Å². The summed E-state index contributed by atoms with van der Waals surface area (Å²) < 4.78 is 5.18. The molecule has 0 spiro atoms. The molecule has 1 amide bonds. The minimum Gasteiger partial charge on any atom is -0.502 e. The topological polar surface area (TPSA) is 96.2 Å². The number of ether oxygens (including phenoxy) is 1. The van der Waals surface area contributed by atoms with Crippen LogP contribution in [0.5, 0.6) is 11.5 Å². The van der Waals surface area contributed by atoms with Gasteiger partial charge in [0, 0.05) is 43.5 Å². The van der Waals surface area contributed by atoms with E-state index in [0.717, 1.165) is 30.5 Å². The number of hydrogen-bond donors (Lipinski definition) is 1. The maximum atomic E-state index is 12.8. The van der Waals surface area contributed by atoms with Crippen molar-refractivity contribution in [1.29, 1.82) is 0 Å². The molecule has 0 aliphatic carbocycles. The summed E-state index contributed by atoms with van der Waals surface area (Å²) in [4.78, 5) is 26.9. The summed E-state index contributed by atoms with van der Waals surface area (Å²) in [5, 5.41) is 20.5. The van der Waals surface area contributed by atoms with Crippen molar-refractivity contribution < 1.29 is 19.6 Å². The van der Waals surface area contributed by atoms with Crippen molar-refractivity contribution in [3.05, 3.63) is 58.1 Å². The first-order valence-electron chi connectivity index (χ1n) is 8.65. The van der Waals surface area contributed by atoms with Gasteiger partial charge in [-0.05, 0) is 42.8 Å². The first kappa shape index (κ1) is 18.5. The van der Waals surface area contributed by atoms with Gasteiger partial charge < -0.3 is 19.6 Å². The number of nitro groups is 1. The Bertz CT molecular complexity index is 838. The highest BCUT2D eigenvalue weighted by Gasteiger charge is 2.23. The van der Waals surface area contributed by atoms with Crippen LogP contribution >= 0.6 is 0 Å². The molecule has 1 aliphatic rings. The van der Waals surface area contributed by atoms with Crippen molar-refractivity contribution in [3.63, 3.8) is 0 Å². The zero-order valence-electron chi connectivity index (χ0n) is 15.0. The van der Waals surface area contributed by atoms with Crippen LogP contribution in [0.25, 0.3) is 0 Å². The van der Waals surface area contributed by atoms with Crippen LogP contribution < -0.4 is 9.64 Å². The number of nitro benzene ring substituents is 1. The van der Waals surface area contributed by atoms with Crippen molar-refractivity contribution in [2.45, 2.75) is 6.42 Å². The second-order valence-corrected chi connectivity index (χ2v) is 6.29. The minimum atomic E-state index is -0.694. The third-order valence-electron chi connectivity index (χ3n) is 4.64. The fourth-order valence-electron chi connectivity index (χ4n) is 3.16. The minimum absolute atomic E-state index is 0.206. The number of rotatable bonds is 4. The molecule has 3 rings (SSSR count). The van der Waals surface area contributed by atoms with Gasteiger partial charge in [0.25, 0.3) is 5.91 Å². The smallest absolute Gasteiger partial charge is 0.311 e. The van der Waals surface area contributed by atoms with Crippen molar-refractivity contribution >= 4 is 17.3 Å². The molecule has 0 bridgehead atoms. The van der Waals surface area contributed by atoms with Crippen LogP contribution in [0.3, 0.4) is 0 Å². The van der Waals surface area contributed by atoms with E-state index in [1.807, 2.05) is 24.3 Å². The Morgan fingerprint density at radius 2 is 1.85 bits per heavy atom. The fraction of sp³-hybridized carbons (Fsp3) is 0.316. The van der Waals surface area contributed by atoms with E-state index in [0.29, 0.717) is 19.6 Å². The molecular weight excluding hydrogens is 350 g/mol. The molecule has 0 radical (unpaired) electrons. The number of phenolic OH excluding ortho intramolecular Hbond substituents is 1. The summed E-state index contributed by atoms with van der Waals surface area (Å²) >= 11 is 0. The van der Waals surface area contributed by atoms with E-state index in [-0.39, 0.29) is 11.5 Å². The first-order chi connectivity index (χ1) is 13.0. The lowest BCUT2D eigenvalue weighted by molar-refractivity contribution is -0.385. The van der Waals surface area contributed by atoms with Gasteiger partial charge in [-0.2, -0.15) is 0 Å². The maximum Gasteiger partial charge on any atom is 0.311 e. The molecule has 27 heavy (non-hydrogen) atoms. The summed E-state index contributed by atoms with van der Waals surface area (Å²) in [6.07, 6.45) is 0.790. The lowest BCUT2D eigenvalue weighted by Crippen LogP contribution is -2.35. The Kier molecular flexibility index (Phi) is 5.44. The molecule has 8 nitrogen and oxygen atoms in total. The summed E-state index contributed by atoms with van der Waals surface area (Å²) in [5.41, 5.74) is 0.804. The van der Waals surface area contributed by atoms with Gasteiger partial charge in [-0.3, -0.25) is 14.9 Å². The number of nitrogens with zero attached hydrogens (tertiary/aromatic N) is 3. The van der Waals surface area contributed by atoms with Crippen LogP contribution in [0, 0.1) is 10.1 Å². The highest BCUT2D eigenvalue weighted by Crippen LogP contribution is 2.27. The van der Waals surface area contributed by atoms with Crippen LogP contribution in [-0.4, -0.2) is 54.1 Å². The van der Waals surface area contributed by atoms with E-state index >= 15 is 0 Å². The molecular formula is C19H21N3O5. The maximum absolute atomic E-state index is 12.8. The Hall–Kier alpha value is -3.29. The lowest BCUT2D eigenvalue weighted by atomic mass is 10.1. The number of amides is 1. The van der Waals surface area contributed by atoms with Gasteiger partial charge in [-0.25, -0.2) is 0 Å². The Balaban J connectivity index is 1.71. The number of carbonyl (C=O) groups is 1. The summed E-state index contributed by atoms with van der Waals surface area (Å²) in [5.74, 6) is 0.0760. The highest BCUT2D eigenvalue weighted by molar-refractivity contribution is 5.95. The molecule has 0 saturated carbocycles. The van der Waals surface area contributed by atoms with E-state index in [2.05, 4.69) is 4.90 Å². The van der Waals surface area contributed by atoms with Crippen molar-refractivity contribution in [2.75, 3.05) is 38.2 Å². The van der Waals surface area contributed by atoms with Crippen molar-refractivity contribution in [1.82, 2.24) is 4.90 Å². The Labute approximate surface area is 156 Å². The van der Waals surface area contributed by atoms with Crippen LogP contribution in [-0.2, 0) is 0 Å². The Morgan fingerprint density at radius 3 is 2.52 bits per heavy atom. The molecule has 2 aromatic carbocycles. The van der Waals surface area contributed by atoms with E-state index < -0.39 is 16.4 Å². The van der Waals surface area contributed by atoms with Gasteiger partial charge in [0.2, 0.25) is 0 Å². The number of phenols is 1. The second kappa shape index (κ2) is 7.94. The number of hydrogen-bond acceptors (Lipinski definition) is 6. The van der Waals surface area contributed by atoms with Crippen LogP contribution in [0.2, 0.25) is 0 Å². The average molecular weight is 371 g/mol.